The van der Waals surface area contributed by atoms with Gasteiger partial charge in [-0.2, -0.15) is 0 Å². The first-order chi connectivity index (χ1) is 8.70. The van der Waals surface area contributed by atoms with Crippen LogP contribution in [0.1, 0.15) is 6.92 Å². The molecule has 0 spiro atoms. The Labute approximate surface area is 108 Å². The van der Waals surface area contributed by atoms with Gasteiger partial charge in [0.15, 0.2) is 0 Å². The first-order valence-electron chi connectivity index (χ1n) is 5.78. The van der Waals surface area contributed by atoms with Crippen LogP contribution >= 0.6 is 9.24 Å². The SMILES string of the molecule is CCOC(=O)C(P)Oc1ccc2ccccc2c1. The Kier molecular flexibility index (Phi) is 4.16. The van der Waals surface area contributed by atoms with Crippen LogP contribution in [-0.4, -0.2) is 18.4 Å². The lowest BCUT2D eigenvalue weighted by Crippen LogP contribution is -2.23. The molecule has 2 aromatic carbocycles. The molecule has 0 saturated carbocycles. The monoisotopic (exact) mass is 262 g/mol. The number of esters is 1. The van der Waals surface area contributed by atoms with E-state index < -0.39 is 5.85 Å². The van der Waals surface area contributed by atoms with Gasteiger partial charge in [-0.25, -0.2) is 4.79 Å². The predicted molar refractivity (Wildman–Crippen MR) is 74.7 cm³/mol. The van der Waals surface area contributed by atoms with Gasteiger partial charge in [-0.3, -0.25) is 0 Å². The van der Waals surface area contributed by atoms with Crippen LogP contribution in [0.4, 0.5) is 0 Å². The van der Waals surface area contributed by atoms with Crippen LogP contribution in [0, 0.1) is 0 Å². The van der Waals surface area contributed by atoms with Crippen LogP contribution < -0.4 is 4.74 Å². The van der Waals surface area contributed by atoms with E-state index >= 15 is 0 Å². The zero-order chi connectivity index (χ0) is 13.0. The standard InChI is InChI=1S/C14H15O3P/c1-2-16-13(15)14(18)17-12-8-7-10-5-3-4-6-11(10)9-12/h3-9,14H,2,18H2,1H3. The van der Waals surface area contributed by atoms with E-state index in [1.807, 2.05) is 42.5 Å². The molecule has 2 unspecified atom stereocenters. The van der Waals surface area contributed by atoms with Gasteiger partial charge in [-0.05, 0) is 29.8 Å². The minimum Gasteiger partial charge on any atom is -0.475 e. The van der Waals surface area contributed by atoms with Crippen molar-refractivity contribution in [2.45, 2.75) is 12.8 Å². The molecule has 18 heavy (non-hydrogen) atoms. The van der Waals surface area contributed by atoms with E-state index in [0.717, 1.165) is 10.8 Å². The number of ether oxygens (including phenoxy) is 2. The largest absolute Gasteiger partial charge is 0.475 e. The van der Waals surface area contributed by atoms with Gasteiger partial charge in [0.1, 0.15) is 5.75 Å². The molecule has 4 heteroatoms. The Morgan fingerprint density at radius 2 is 1.94 bits per heavy atom. The fraction of sp³-hybridized carbons (Fsp3) is 0.214. The fourth-order valence-corrected chi connectivity index (χ4v) is 1.91. The number of carbonyl (C=O) groups is 1. The van der Waals surface area contributed by atoms with Crippen LogP contribution in [0.15, 0.2) is 42.5 Å². The van der Waals surface area contributed by atoms with Gasteiger partial charge < -0.3 is 9.47 Å². The highest BCUT2D eigenvalue weighted by Gasteiger charge is 2.15. The highest BCUT2D eigenvalue weighted by molar-refractivity contribution is 7.19. The Bertz CT molecular complexity index is 553. The normalized spacial score (nSPS) is 12.1. The van der Waals surface area contributed by atoms with Gasteiger partial charge in [0, 0.05) is 0 Å². The summed E-state index contributed by atoms with van der Waals surface area (Å²) >= 11 is 0. The molecule has 0 aliphatic heterocycles. The van der Waals surface area contributed by atoms with Crippen molar-refractivity contribution < 1.29 is 14.3 Å². The molecule has 2 aromatic rings. The van der Waals surface area contributed by atoms with E-state index in [1.165, 1.54) is 0 Å². The summed E-state index contributed by atoms with van der Waals surface area (Å²) in [6.45, 7) is 2.12. The molecule has 3 nitrogen and oxygen atoms in total. The summed E-state index contributed by atoms with van der Waals surface area (Å²) in [7, 11) is 2.34. The van der Waals surface area contributed by atoms with Crippen molar-refractivity contribution in [1.82, 2.24) is 0 Å². The van der Waals surface area contributed by atoms with Crippen molar-refractivity contribution in [2.24, 2.45) is 0 Å². The van der Waals surface area contributed by atoms with Crippen molar-refractivity contribution in [3.05, 3.63) is 42.5 Å². The number of hydrogen-bond donors (Lipinski definition) is 0. The second kappa shape index (κ2) is 5.83. The molecule has 94 valence electrons. The Morgan fingerprint density at radius 3 is 2.67 bits per heavy atom. The number of hydrogen-bond acceptors (Lipinski definition) is 3. The molecule has 0 amide bonds. The third kappa shape index (κ3) is 2.99. The van der Waals surface area contributed by atoms with E-state index in [1.54, 1.807) is 6.92 Å². The minimum atomic E-state index is -0.675. The number of carbonyl (C=O) groups excluding carboxylic acids is 1. The lowest BCUT2D eigenvalue weighted by atomic mass is 10.1. The summed E-state index contributed by atoms with van der Waals surface area (Å²) in [6, 6.07) is 13.7. The van der Waals surface area contributed by atoms with Crippen LogP contribution in [0.2, 0.25) is 0 Å². The molecule has 0 radical (unpaired) electrons. The lowest BCUT2D eigenvalue weighted by Gasteiger charge is -2.13. The van der Waals surface area contributed by atoms with E-state index in [-0.39, 0.29) is 5.97 Å². The van der Waals surface area contributed by atoms with Crippen molar-refractivity contribution in [2.75, 3.05) is 6.61 Å². The molecule has 2 atom stereocenters. The summed E-state index contributed by atoms with van der Waals surface area (Å²) < 4.78 is 10.4. The quantitative estimate of drug-likeness (QED) is 0.627. The molecular weight excluding hydrogens is 247 g/mol. The smallest absolute Gasteiger partial charge is 0.351 e. The first kappa shape index (κ1) is 12.8. The average Bonchev–Trinajstić information content (AvgIpc) is 2.39. The summed E-state index contributed by atoms with van der Waals surface area (Å²) in [6.07, 6.45) is 0. The molecular formula is C14H15O3P. The van der Waals surface area contributed by atoms with Gasteiger partial charge in [0.25, 0.3) is 0 Å². The molecule has 0 aliphatic carbocycles. The number of fused-ring (bicyclic) bond motifs is 1. The molecule has 0 fully saturated rings. The van der Waals surface area contributed by atoms with Gasteiger partial charge in [0.05, 0.1) is 6.61 Å². The molecule has 0 heterocycles. The number of rotatable bonds is 4. The van der Waals surface area contributed by atoms with Gasteiger partial charge in [0.2, 0.25) is 5.85 Å². The Balaban J connectivity index is 2.14. The van der Waals surface area contributed by atoms with E-state index in [0.29, 0.717) is 12.4 Å². The third-order valence-electron chi connectivity index (χ3n) is 2.50. The summed E-state index contributed by atoms with van der Waals surface area (Å²) in [4.78, 5) is 11.4. The third-order valence-corrected chi connectivity index (χ3v) is 2.91. The van der Waals surface area contributed by atoms with E-state index in [4.69, 9.17) is 9.47 Å². The van der Waals surface area contributed by atoms with E-state index in [9.17, 15) is 4.79 Å². The second-order valence-corrected chi connectivity index (χ2v) is 4.40. The van der Waals surface area contributed by atoms with Crippen molar-refractivity contribution in [3.8, 4) is 5.75 Å². The van der Waals surface area contributed by atoms with Crippen molar-refractivity contribution >= 4 is 26.0 Å². The highest BCUT2D eigenvalue weighted by Crippen LogP contribution is 2.22. The molecule has 0 aromatic heterocycles. The number of benzene rings is 2. The Morgan fingerprint density at radius 1 is 1.22 bits per heavy atom. The molecule has 2 rings (SSSR count). The van der Waals surface area contributed by atoms with Gasteiger partial charge >= 0.3 is 5.97 Å². The van der Waals surface area contributed by atoms with Crippen molar-refractivity contribution in [3.63, 3.8) is 0 Å². The second-order valence-electron chi connectivity index (χ2n) is 3.80. The average molecular weight is 262 g/mol. The van der Waals surface area contributed by atoms with Crippen LogP contribution in [0.25, 0.3) is 10.8 Å². The molecule has 0 bridgehead atoms. The maximum Gasteiger partial charge on any atom is 0.351 e. The summed E-state index contributed by atoms with van der Waals surface area (Å²) in [5, 5.41) is 2.22. The minimum absolute atomic E-state index is 0.352. The molecule has 0 N–H and O–H groups in total. The van der Waals surface area contributed by atoms with Crippen LogP contribution in [0.5, 0.6) is 5.75 Å². The predicted octanol–water partition coefficient (Wildman–Crippen LogP) is 2.98. The lowest BCUT2D eigenvalue weighted by molar-refractivity contribution is -0.147. The van der Waals surface area contributed by atoms with Crippen molar-refractivity contribution in [1.29, 1.82) is 0 Å². The fourth-order valence-electron chi connectivity index (χ4n) is 1.66. The highest BCUT2D eigenvalue weighted by atomic mass is 31.0. The molecule has 0 aliphatic rings. The van der Waals surface area contributed by atoms with Gasteiger partial charge in [-0.1, -0.05) is 39.6 Å². The van der Waals surface area contributed by atoms with E-state index in [2.05, 4.69) is 9.24 Å². The van der Waals surface area contributed by atoms with Crippen LogP contribution in [0.3, 0.4) is 0 Å². The Hall–Kier alpha value is -1.60. The summed E-state index contributed by atoms with van der Waals surface area (Å²) in [5.74, 6) is -0.400. The zero-order valence-electron chi connectivity index (χ0n) is 10.1. The maximum absolute atomic E-state index is 11.4. The van der Waals surface area contributed by atoms with Gasteiger partial charge in [-0.15, -0.1) is 0 Å². The first-order valence-corrected chi connectivity index (χ1v) is 6.45. The topological polar surface area (TPSA) is 35.5 Å². The zero-order valence-corrected chi connectivity index (χ0v) is 11.3. The maximum atomic E-state index is 11.4. The summed E-state index contributed by atoms with van der Waals surface area (Å²) in [5.41, 5.74) is 0. The molecule has 0 saturated heterocycles. The van der Waals surface area contributed by atoms with Crippen LogP contribution in [-0.2, 0) is 9.53 Å².